The number of carboxylic acids is 1. The van der Waals surface area contributed by atoms with E-state index in [1.807, 2.05) is 57.2 Å². The maximum Gasteiger partial charge on any atom is 1.00 e. The first-order chi connectivity index (χ1) is 17.3. The van der Waals surface area contributed by atoms with Crippen molar-refractivity contribution in [2.45, 2.75) is 46.0 Å². The van der Waals surface area contributed by atoms with Crippen LogP contribution in [0.4, 0.5) is 0 Å². The van der Waals surface area contributed by atoms with E-state index in [4.69, 9.17) is 19.3 Å². The van der Waals surface area contributed by atoms with Crippen LogP contribution in [0.5, 0.6) is 11.5 Å². The van der Waals surface area contributed by atoms with Crippen molar-refractivity contribution in [3.05, 3.63) is 82.9 Å². The zero-order valence-electron chi connectivity index (χ0n) is 21.9. The molecule has 0 saturated carbocycles. The number of ether oxygens (including phenoxy) is 3. The summed E-state index contributed by atoms with van der Waals surface area (Å²) in [6, 6.07) is 19.2. The minimum absolute atomic E-state index is 0. The topological polar surface area (TPSA) is 108 Å². The van der Waals surface area contributed by atoms with E-state index in [2.05, 4.69) is 12.1 Å². The van der Waals surface area contributed by atoms with Crippen LogP contribution in [0.15, 0.2) is 60.7 Å². The molecule has 0 unspecified atom stereocenters. The molecule has 0 aliphatic heterocycles. The van der Waals surface area contributed by atoms with Crippen LogP contribution in [0.25, 0.3) is 11.1 Å². The van der Waals surface area contributed by atoms with E-state index < -0.39 is 18.2 Å². The third-order valence-electron chi connectivity index (χ3n) is 5.75. The van der Waals surface area contributed by atoms with Crippen LogP contribution in [0.1, 0.15) is 41.7 Å². The van der Waals surface area contributed by atoms with Gasteiger partial charge in [0.05, 0.1) is 12.7 Å². The third kappa shape index (κ3) is 9.14. The molecule has 8 heteroatoms. The summed E-state index contributed by atoms with van der Waals surface area (Å²) in [6.45, 7) is 6.32. The summed E-state index contributed by atoms with van der Waals surface area (Å²) < 4.78 is 17.1. The molecule has 2 N–H and O–H groups in total. The summed E-state index contributed by atoms with van der Waals surface area (Å²) >= 11 is 0. The van der Waals surface area contributed by atoms with E-state index in [-0.39, 0.29) is 49.2 Å². The van der Waals surface area contributed by atoms with Crippen LogP contribution in [0.2, 0.25) is 0 Å². The van der Waals surface area contributed by atoms with Crippen molar-refractivity contribution in [1.29, 1.82) is 0 Å². The first-order valence-corrected chi connectivity index (χ1v) is 12.0. The van der Waals surface area contributed by atoms with Crippen LogP contribution in [-0.4, -0.2) is 42.1 Å². The number of aryl methyl sites for hydroxylation is 2. The second kappa shape index (κ2) is 15.1. The first kappa shape index (κ1) is 30.8. The van der Waals surface area contributed by atoms with E-state index in [1.165, 1.54) is 0 Å². The molecule has 0 aliphatic rings. The number of benzene rings is 3. The van der Waals surface area contributed by atoms with Gasteiger partial charge in [0.2, 0.25) is 0 Å². The Hall–Kier alpha value is -2.39. The molecule has 0 heterocycles. The number of aliphatic hydroxyl groups is 2. The van der Waals surface area contributed by atoms with Gasteiger partial charge in [-0.2, -0.15) is 0 Å². The van der Waals surface area contributed by atoms with Crippen LogP contribution in [0.3, 0.4) is 0 Å². The average Bonchev–Trinajstić information content (AvgIpc) is 2.86. The number of carboxylic acid groups (broad SMARTS) is 1. The maximum atomic E-state index is 11.0. The molecule has 0 amide bonds. The van der Waals surface area contributed by atoms with Gasteiger partial charge in [0.25, 0.3) is 0 Å². The van der Waals surface area contributed by atoms with Crippen molar-refractivity contribution < 1.29 is 63.9 Å². The normalized spacial score (nSPS) is 12.4. The Labute approximate surface area is 240 Å². The second-order valence-corrected chi connectivity index (χ2v) is 8.66. The Morgan fingerprint density at radius 3 is 2.24 bits per heavy atom. The van der Waals surface area contributed by atoms with Gasteiger partial charge in [0.15, 0.2) is 0 Å². The van der Waals surface area contributed by atoms with Crippen molar-refractivity contribution in [2.75, 3.05) is 19.8 Å². The summed E-state index contributed by atoms with van der Waals surface area (Å²) in [7, 11) is 0. The molecule has 0 radical (unpaired) electrons. The van der Waals surface area contributed by atoms with Gasteiger partial charge in [-0.1, -0.05) is 30.3 Å². The maximum absolute atomic E-state index is 11.0. The molecule has 0 aliphatic carbocycles. The van der Waals surface area contributed by atoms with Gasteiger partial charge < -0.3 is 34.3 Å². The molecule has 2 atom stereocenters. The fourth-order valence-electron chi connectivity index (χ4n) is 4.10. The fourth-order valence-corrected chi connectivity index (χ4v) is 4.10. The smallest absolute Gasteiger partial charge is 0.550 e. The number of carbonyl (C=O) groups is 1. The molecule has 3 aromatic rings. The van der Waals surface area contributed by atoms with E-state index in [0.29, 0.717) is 24.7 Å². The molecule has 0 bridgehead atoms. The molecule has 3 aromatic carbocycles. The minimum Gasteiger partial charge on any atom is -0.550 e. The Morgan fingerprint density at radius 2 is 1.65 bits per heavy atom. The molecule has 7 nitrogen and oxygen atoms in total. The summed E-state index contributed by atoms with van der Waals surface area (Å²) in [6.07, 6.45) is -1.66. The van der Waals surface area contributed by atoms with Gasteiger partial charge in [0.1, 0.15) is 30.8 Å². The third-order valence-corrected chi connectivity index (χ3v) is 5.75. The SMILES string of the molecule is CCO[C@@H](CC(=O)[O-])c1ccc(OCc2cccc(-c3c(C)cc(OC[C@H](O)CO)cc3C)c2)cc1.[Na+]. The van der Waals surface area contributed by atoms with Crippen molar-refractivity contribution >= 4 is 5.97 Å². The van der Waals surface area contributed by atoms with Crippen LogP contribution < -0.4 is 44.1 Å². The van der Waals surface area contributed by atoms with E-state index >= 15 is 0 Å². The van der Waals surface area contributed by atoms with Crippen LogP contribution >= 0.6 is 0 Å². The van der Waals surface area contributed by atoms with Crippen molar-refractivity contribution in [3.63, 3.8) is 0 Å². The van der Waals surface area contributed by atoms with Gasteiger partial charge >= 0.3 is 29.6 Å². The zero-order valence-corrected chi connectivity index (χ0v) is 23.9. The predicted octanol–water partition coefficient (Wildman–Crippen LogP) is 0.503. The Morgan fingerprint density at radius 1 is 0.973 bits per heavy atom. The number of aliphatic hydroxyl groups excluding tert-OH is 2. The minimum atomic E-state index is -1.15. The monoisotopic (exact) mass is 516 g/mol. The number of hydrogen-bond donors (Lipinski definition) is 2. The Bertz CT molecular complexity index is 1120. The molecular formula is C29H33NaO7. The van der Waals surface area contributed by atoms with Gasteiger partial charge in [-0.15, -0.1) is 0 Å². The largest absolute Gasteiger partial charge is 1.00 e. The summed E-state index contributed by atoms with van der Waals surface area (Å²) in [4.78, 5) is 11.0. The molecule has 0 fully saturated rings. The van der Waals surface area contributed by atoms with Crippen LogP contribution in [0, 0.1) is 13.8 Å². The standard InChI is InChI=1S/C29H34O7.Na/c1-4-34-27(15-28(32)33)22-8-10-25(11-9-22)35-17-21-6-5-7-23(14-21)29-19(2)12-26(13-20(29)3)36-18-24(31)16-30;/h5-14,24,27,30-31H,4,15-18H2,1-3H3,(H,32,33);/q;+1/p-1/t24-,27+;/m1./s1. The molecular weight excluding hydrogens is 483 g/mol. The van der Waals surface area contributed by atoms with Crippen LogP contribution in [-0.2, 0) is 16.1 Å². The van der Waals surface area contributed by atoms with Crippen molar-refractivity contribution in [3.8, 4) is 22.6 Å². The van der Waals surface area contributed by atoms with Gasteiger partial charge in [-0.3, -0.25) is 0 Å². The van der Waals surface area contributed by atoms with Gasteiger partial charge in [-0.05, 0) is 84.5 Å². The molecule has 0 aromatic heterocycles. The zero-order chi connectivity index (χ0) is 26.1. The summed E-state index contributed by atoms with van der Waals surface area (Å²) in [5.41, 5.74) is 6.01. The quantitative estimate of drug-likeness (QED) is 0.319. The summed E-state index contributed by atoms with van der Waals surface area (Å²) in [5.74, 6) is 0.170. The number of aliphatic carboxylic acids is 1. The molecule has 192 valence electrons. The molecule has 0 saturated heterocycles. The van der Waals surface area contributed by atoms with Crippen molar-refractivity contribution in [2.24, 2.45) is 0 Å². The predicted molar refractivity (Wildman–Crippen MR) is 135 cm³/mol. The Kier molecular flexibility index (Phi) is 12.6. The number of rotatable bonds is 13. The average molecular weight is 517 g/mol. The molecule has 37 heavy (non-hydrogen) atoms. The van der Waals surface area contributed by atoms with Gasteiger partial charge in [0, 0.05) is 19.0 Å². The van der Waals surface area contributed by atoms with E-state index in [9.17, 15) is 15.0 Å². The number of carbonyl (C=O) groups excluding carboxylic acids is 1. The summed E-state index contributed by atoms with van der Waals surface area (Å²) in [5, 5.41) is 29.5. The van der Waals surface area contributed by atoms with Crippen molar-refractivity contribution in [1.82, 2.24) is 0 Å². The second-order valence-electron chi connectivity index (χ2n) is 8.66. The molecule has 3 rings (SSSR count). The first-order valence-electron chi connectivity index (χ1n) is 12.0. The fraction of sp³-hybridized carbons (Fsp3) is 0.345. The number of hydrogen-bond acceptors (Lipinski definition) is 7. The van der Waals surface area contributed by atoms with E-state index in [1.54, 1.807) is 12.1 Å². The van der Waals surface area contributed by atoms with Gasteiger partial charge in [-0.25, -0.2) is 0 Å². The molecule has 0 spiro atoms. The van der Waals surface area contributed by atoms with E-state index in [0.717, 1.165) is 33.4 Å². The Balaban J connectivity index is 0.00000481.